The molecule has 0 amide bonds. The second-order valence-corrected chi connectivity index (χ2v) is 1.79. The van der Waals surface area contributed by atoms with Crippen molar-refractivity contribution in [3.63, 3.8) is 0 Å². The number of hydrogen-bond donors (Lipinski definition) is 3. The van der Waals surface area contributed by atoms with E-state index in [-0.39, 0.29) is 5.75 Å². The van der Waals surface area contributed by atoms with Crippen molar-refractivity contribution in [2.45, 2.75) is 0 Å². The average molecular weight is 124 g/mol. The third-order valence-corrected chi connectivity index (χ3v) is 1.10. The molecule has 1 aromatic rings. The van der Waals surface area contributed by atoms with E-state index < -0.39 is 0 Å². The number of nitrogen functional groups attached to an aromatic ring is 2. The zero-order chi connectivity index (χ0) is 6.85. The topological polar surface area (TPSA) is 72.3 Å². The monoisotopic (exact) mass is 124 g/mol. The van der Waals surface area contributed by atoms with Gasteiger partial charge in [0.1, 0.15) is 0 Å². The van der Waals surface area contributed by atoms with Gasteiger partial charge in [-0.15, -0.1) is 0 Å². The van der Waals surface area contributed by atoms with Crippen LogP contribution in [-0.4, -0.2) is 5.11 Å². The number of phenols is 1. The lowest BCUT2D eigenvalue weighted by atomic mass is 10.2. The molecular weight excluding hydrogens is 116 g/mol. The van der Waals surface area contributed by atoms with Crippen LogP contribution in [0.2, 0.25) is 0 Å². The highest BCUT2D eigenvalue weighted by molar-refractivity contribution is 5.65. The lowest BCUT2D eigenvalue weighted by Gasteiger charge is -1.99. The molecule has 0 aliphatic heterocycles. The molecule has 3 heteroatoms. The van der Waals surface area contributed by atoms with E-state index in [1.54, 1.807) is 18.2 Å². The molecule has 0 bridgehead atoms. The van der Waals surface area contributed by atoms with Crippen molar-refractivity contribution in [2.75, 3.05) is 11.5 Å². The maximum atomic E-state index is 8.96. The van der Waals surface area contributed by atoms with Crippen molar-refractivity contribution in [2.24, 2.45) is 0 Å². The average Bonchev–Trinajstić information content (AvgIpc) is 1.83. The first-order valence-corrected chi connectivity index (χ1v) is 2.54. The van der Waals surface area contributed by atoms with Gasteiger partial charge in [0.25, 0.3) is 0 Å². The van der Waals surface area contributed by atoms with Gasteiger partial charge in [-0.2, -0.15) is 0 Å². The van der Waals surface area contributed by atoms with Crippen LogP contribution in [0.3, 0.4) is 0 Å². The predicted octanol–water partition coefficient (Wildman–Crippen LogP) is 0.557. The fourth-order valence-corrected chi connectivity index (χ4v) is 0.580. The zero-order valence-electron chi connectivity index (χ0n) is 4.83. The van der Waals surface area contributed by atoms with Crippen LogP contribution in [0.5, 0.6) is 5.75 Å². The van der Waals surface area contributed by atoms with Gasteiger partial charge in [-0.05, 0) is 12.1 Å². The fraction of sp³-hybridized carbons (Fsp3) is 0. The summed E-state index contributed by atoms with van der Waals surface area (Å²) in [5, 5.41) is 8.96. The van der Waals surface area contributed by atoms with Gasteiger partial charge in [0.15, 0.2) is 5.75 Å². The normalized spacial score (nSPS) is 9.33. The molecule has 9 heavy (non-hydrogen) atoms. The van der Waals surface area contributed by atoms with E-state index in [9.17, 15) is 0 Å². The number of aromatic hydroxyl groups is 1. The van der Waals surface area contributed by atoms with Crippen LogP contribution < -0.4 is 11.5 Å². The highest BCUT2D eigenvalue weighted by Gasteiger charge is 1.96. The first-order valence-electron chi connectivity index (χ1n) is 2.54. The van der Waals surface area contributed by atoms with E-state index in [1.165, 1.54) is 0 Å². The minimum Gasteiger partial charge on any atom is -0.504 e. The Kier molecular flexibility index (Phi) is 1.18. The van der Waals surface area contributed by atoms with E-state index in [2.05, 4.69) is 0 Å². The summed E-state index contributed by atoms with van der Waals surface area (Å²) in [5.41, 5.74) is 11.2. The molecule has 5 N–H and O–H groups in total. The number of nitrogens with two attached hydrogens (primary N) is 2. The lowest BCUT2D eigenvalue weighted by molar-refractivity contribution is 0.480. The SMILES string of the molecule is Nc1cccc(N)c1O. The lowest BCUT2D eigenvalue weighted by Crippen LogP contribution is -1.90. The van der Waals surface area contributed by atoms with Crippen LogP contribution in [-0.2, 0) is 0 Å². The van der Waals surface area contributed by atoms with E-state index in [4.69, 9.17) is 16.6 Å². The van der Waals surface area contributed by atoms with E-state index in [1.807, 2.05) is 0 Å². The van der Waals surface area contributed by atoms with Gasteiger partial charge in [-0.25, -0.2) is 0 Å². The number of benzene rings is 1. The molecule has 0 aliphatic carbocycles. The van der Waals surface area contributed by atoms with E-state index in [0.717, 1.165) is 0 Å². The number of para-hydroxylation sites is 1. The molecule has 1 rings (SSSR count). The minimum absolute atomic E-state index is 0.0301. The van der Waals surface area contributed by atoms with Crippen LogP contribution >= 0.6 is 0 Å². The summed E-state index contributed by atoms with van der Waals surface area (Å²) in [4.78, 5) is 0. The number of phenolic OH excluding ortho intramolecular Hbond substituents is 1. The molecule has 0 aromatic heterocycles. The molecule has 0 radical (unpaired) electrons. The van der Waals surface area contributed by atoms with Crippen LogP contribution in [0.4, 0.5) is 11.4 Å². The van der Waals surface area contributed by atoms with Gasteiger partial charge >= 0.3 is 0 Å². The van der Waals surface area contributed by atoms with Crippen LogP contribution in [0, 0.1) is 0 Å². The van der Waals surface area contributed by atoms with Crippen molar-refractivity contribution in [3.8, 4) is 5.75 Å². The molecule has 0 unspecified atom stereocenters. The Bertz CT molecular complexity index is 202. The number of anilines is 2. The summed E-state index contributed by atoms with van der Waals surface area (Å²) in [7, 11) is 0. The van der Waals surface area contributed by atoms with Crippen molar-refractivity contribution in [1.29, 1.82) is 0 Å². The summed E-state index contributed by atoms with van der Waals surface area (Å²) < 4.78 is 0. The maximum absolute atomic E-state index is 8.96. The Balaban J connectivity index is 3.25. The fourth-order valence-electron chi connectivity index (χ4n) is 0.580. The summed E-state index contributed by atoms with van der Waals surface area (Å²) in [5.74, 6) is -0.0301. The van der Waals surface area contributed by atoms with Crippen molar-refractivity contribution >= 4 is 11.4 Å². The number of rotatable bonds is 0. The summed E-state index contributed by atoms with van der Waals surface area (Å²) >= 11 is 0. The van der Waals surface area contributed by atoms with Gasteiger partial charge in [0, 0.05) is 0 Å². The Morgan fingerprint density at radius 3 is 1.89 bits per heavy atom. The van der Waals surface area contributed by atoms with Crippen LogP contribution in [0.1, 0.15) is 0 Å². The Hall–Kier alpha value is -1.38. The summed E-state index contributed by atoms with van der Waals surface area (Å²) in [6.07, 6.45) is 0. The van der Waals surface area contributed by atoms with Gasteiger partial charge in [0.05, 0.1) is 11.4 Å². The highest BCUT2D eigenvalue weighted by Crippen LogP contribution is 2.25. The summed E-state index contributed by atoms with van der Waals surface area (Å²) in [6, 6.07) is 4.86. The molecule has 0 heterocycles. The Labute approximate surface area is 52.9 Å². The maximum Gasteiger partial charge on any atom is 0.161 e. The molecule has 48 valence electrons. The first kappa shape index (κ1) is 5.75. The largest absolute Gasteiger partial charge is 0.504 e. The summed E-state index contributed by atoms with van der Waals surface area (Å²) in [6.45, 7) is 0. The molecule has 0 atom stereocenters. The predicted molar refractivity (Wildman–Crippen MR) is 36.9 cm³/mol. The molecule has 3 nitrogen and oxygen atoms in total. The van der Waals surface area contributed by atoms with Crippen LogP contribution in [0.25, 0.3) is 0 Å². The molecule has 0 spiro atoms. The Morgan fingerprint density at radius 1 is 1.11 bits per heavy atom. The van der Waals surface area contributed by atoms with Crippen LogP contribution in [0.15, 0.2) is 18.2 Å². The molecule has 0 fully saturated rings. The van der Waals surface area contributed by atoms with Gasteiger partial charge in [-0.1, -0.05) is 6.07 Å². The van der Waals surface area contributed by atoms with Crippen molar-refractivity contribution < 1.29 is 5.11 Å². The molecular formula is C6H8N2O. The van der Waals surface area contributed by atoms with E-state index >= 15 is 0 Å². The van der Waals surface area contributed by atoms with Crippen molar-refractivity contribution in [1.82, 2.24) is 0 Å². The van der Waals surface area contributed by atoms with Crippen molar-refractivity contribution in [3.05, 3.63) is 18.2 Å². The molecule has 0 aliphatic rings. The highest BCUT2D eigenvalue weighted by atomic mass is 16.3. The quantitative estimate of drug-likeness (QED) is 0.349. The number of hydrogen-bond acceptors (Lipinski definition) is 3. The third kappa shape index (κ3) is 0.887. The second kappa shape index (κ2) is 1.85. The molecule has 1 aromatic carbocycles. The third-order valence-electron chi connectivity index (χ3n) is 1.10. The Morgan fingerprint density at radius 2 is 1.56 bits per heavy atom. The molecule has 0 saturated heterocycles. The van der Waals surface area contributed by atoms with Gasteiger partial charge in [-0.3, -0.25) is 0 Å². The molecule has 0 saturated carbocycles. The first-order chi connectivity index (χ1) is 4.22. The smallest absolute Gasteiger partial charge is 0.161 e. The van der Waals surface area contributed by atoms with Gasteiger partial charge in [0.2, 0.25) is 0 Å². The minimum atomic E-state index is -0.0301. The standard InChI is InChI=1S/C6H8N2O/c7-4-2-1-3-5(8)6(4)9/h1-3,9H,7-8H2. The van der Waals surface area contributed by atoms with Gasteiger partial charge < -0.3 is 16.6 Å². The second-order valence-electron chi connectivity index (χ2n) is 1.79. The van der Waals surface area contributed by atoms with E-state index in [0.29, 0.717) is 11.4 Å². The zero-order valence-corrected chi connectivity index (χ0v) is 4.83.